The average Bonchev–Trinajstić information content (AvgIpc) is 3.16. The summed E-state index contributed by atoms with van der Waals surface area (Å²) in [6, 6.07) is 14.1. The van der Waals surface area contributed by atoms with Crippen LogP contribution in [0, 0.1) is 0 Å². The molecule has 0 aliphatic carbocycles. The summed E-state index contributed by atoms with van der Waals surface area (Å²) in [5.41, 5.74) is 1.29. The SMILES string of the molecule is COC(=O)c1ccc(OCCOc2cccc(C=NN=C3NC(=O)CS3)c2)cc1. The van der Waals surface area contributed by atoms with Crippen molar-refractivity contribution in [1.82, 2.24) is 5.32 Å². The second-order valence-electron chi connectivity index (χ2n) is 5.77. The Hall–Kier alpha value is -3.33. The fraction of sp³-hybridized carbons (Fsp3) is 0.200. The summed E-state index contributed by atoms with van der Waals surface area (Å²) in [5.74, 6) is 1.23. The molecule has 29 heavy (non-hydrogen) atoms. The van der Waals surface area contributed by atoms with Crippen LogP contribution >= 0.6 is 11.8 Å². The van der Waals surface area contributed by atoms with Crippen molar-refractivity contribution in [3.63, 3.8) is 0 Å². The van der Waals surface area contributed by atoms with E-state index >= 15 is 0 Å². The molecule has 1 saturated heterocycles. The van der Waals surface area contributed by atoms with Gasteiger partial charge in [0.15, 0.2) is 5.17 Å². The zero-order valence-corrected chi connectivity index (χ0v) is 16.5. The molecule has 0 spiro atoms. The monoisotopic (exact) mass is 413 g/mol. The molecule has 1 heterocycles. The highest BCUT2D eigenvalue weighted by Gasteiger charge is 2.15. The van der Waals surface area contributed by atoms with Crippen LogP contribution in [0.3, 0.4) is 0 Å². The van der Waals surface area contributed by atoms with Crippen LogP contribution in [0.4, 0.5) is 0 Å². The smallest absolute Gasteiger partial charge is 0.337 e. The van der Waals surface area contributed by atoms with Crippen LogP contribution in [0.1, 0.15) is 15.9 Å². The molecule has 0 atom stereocenters. The molecule has 2 aromatic carbocycles. The van der Waals surface area contributed by atoms with Gasteiger partial charge in [0.2, 0.25) is 5.91 Å². The Labute approximate surface area is 171 Å². The lowest BCUT2D eigenvalue weighted by atomic mass is 10.2. The van der Waals surface area contributed by atoms with Crippen LogP contribution in [0.15, 0.2) is 58.7 Å². The number of benzene rings is 2. The quantitative estimate of drug-likeness (QED) is 0.309. The van der Waals surface area contributed by atoms with E-state index in [1.165, 1.54) is 18.9 Å². The van der Waals surface area contributed by atoms with Crippen LogP contribution in [0.2, 0.25) is 0 Å². The molecule has 1 aliphatic heterocycles. The van der Waals surface area contributed by atoms with Gasteiger partial charge in [-0.15, -0.1) is 5.10 Å². The van der Waals surface area contributed by atoms with E-state index in [-0.39, 0.29) is 11.9 Å². The Balaban J connectivity index is 1.44. The highest BCUT2D eigenvalue weighted by molar-refractivity contribution is 8.15. The third kappa shape index (κ3) is 6.35. The first kappa shape index (κ1) is 20.4. The number of nitrogens with zero attached hydrogens (tertiary/aromatic N) is 2. The van der Waals surface area contributed by atoms with Gasteiger partial charge in [0.25, 0.3) is 0 Å². The maximum Gasteiger partial charge on any atom is 0.337 e. The molecule has 8 nitrogen and oxygen atoms in total. The van der Waals surface area contributed by atoms with Gasteiger partial charge < -0.3 is 19.5 Å². The van der Waals surface area contributed by atoms with E-state index in [1.807, 2.05) is 24.3 Å². The van der Waals surface area contributed by atoms with Crippen molar-refractivity contribution in [2.45, 2.75) is 0 Å². The number of nitrogens with one attached hydrogen (secondary N) is 1. The lowest BCUT2D eigenvalue weighted by Gasteiger charge is -2.09. The molecular weight excluding hydrogens is 394 g/mol. The first-order valence-corrected chi connectivity index (χ1v) is 9.70. The number of esters is 1. The normalized spacial score (nSPS) is 14.8. The molecule has 0 saturated carbocycles. The van der Waals surface area contributed by atoms with Gasteiger partial charge in [0.05, 0.1) is 24.6 Å². The minimum Gasteiger partial charge on any atom is -0.490 e. The Morgan fingerprint density at radius 1 is 1.14 bits per heavy atom. The Morgan fingerprint density at radius 3 is 2.59 bits per heavy atom. The predicted octanol–water partition coefficient (Wildman–Crippen LogP) is 2.48. The van der Waals surface area contributed by atoms with E-state index in [4.69, 9.17) is 9.47 Å². The molecular formula is C20H19N3O5S. The van der Waals surface area contributed by atoms with Crippen molar-refractivity contribution in [2.75, 3.05) is 26.1 Å². The molecule has 0 unspecified atom stereocenters. The van der Waals surface area contributed by atoms with Gasteiger partial charge >= 0.3 is 5.97 Å². The van der Waals surface area contributed by atoms with E-state index in [2.05, 4.69) is 20.3 Å². The number of methoxy groups -OCH3 is 1. The largest absolute Gasteiger partial charge is 0.490 e. The maximum atomic E-state index is 11.4. The minimum atomic E-state index is -0.388. The number of hydrogen-bond donors (Lipinski definition) is 1. The first-order chi connectivity index (χ1) is 14.1. The number of amidine groups is 1. The lowest BCUT2D eigenvalue weighted by Crippen LogP contribution is -2.19. The summed E-state index contributed by atoms with van der Waals surface area (Å²) in [6.45, 7) is 0.699. The maximum absolute atomic E-state index is 11.4. The average molecular weight is 413 g/mol. The summed E-state index contributed by atoms with van der Waals surface area (Å²) in [4.78, 5) is 22.5. The van der Waals surface area contributed by atoms with Crippen LogP contribution in [-0.2, 0) is 9.53 Å². The van der Waals surface area contributed by atoms with Crippen molar-refractivity contribution >= 4 is 35.0 Å². The number of carbonyl (C=O) groups excluding carboxylic acids is 2. The van der Waals surface area contributed by atoms with E-state index in [0.717, 1.165) is 5.56 Å². The van der Waals surface area contributed by atoms with Crippen LogP contribution in [-0.4, -0.2) is 49.3 Å². The van der Waals surface area contributed by atoms with E-state index < -0.39 is 0 Å². The Kier molecular flexibility index (Phi) is 7.23. The molecule has 0 radical (unpaired) electrons. The Morgan fingerprint density at radius 2 is 1.90 bits per heavy atom. The summed E-state index contributed by atoms with van der Waals surface area (Å²) >= 11 is 1.32. The molecule has 1 aliphatic rings. The lowest BCUT2D eigenvalue weighted by molar-refractivity contribution is -0.116. The second-order valence-corrected chi connectivity index (χ2v) is 6.74. The predicted molar refractivity (Wildman–Crippen MR) is 111 cm³/mol. The number of ether oxygens (including phenoxy) is 3. The highest BCUT2D eigenvalue weighted by Crippen LogP contribution is 2.15. The summed E-state index contributed by atoms with van der Waals surface area (Å²) in [5, 5.41) is 11.0. The highest BCUT2D eigenvalue weighted by atomic mass is 32.2. The standard InChI is InChI=1S/C20H19N3O5S/c1-26-19(25)15-5-7-16(8-6-15)27-9-10-28-17-4-2-3-14(11-17)12-21-23-20-22-18(24)13-29-20/h2-8,11-12H,9-10,13H2,1H3,(H,22,23,24). The topological polar surface area (TPSA) is 98.6 Å². The van der Waals surface area contributed by atoms with Crippen molar-refractivity contribution in [3.8, 4) is 11.5 Å². The van der Waals surface area contributed by atoms with Gasteiger partial charge in [-0.25, -0.2) is 4.79 Å². The molecule has 9 heteroatoms. The minimum absolute atomic E-state index is 0.0685. The van der Waals surface area contributed by atoms with Gasteiger partial charge in [0.1, 0.15) is 24.7 Å². The first-order valence-electron chi connectivity index (χ1n) is 8.72. The zero-order valence-electron chi connectivity index (χ0n) is 15.7. The molecule has 2 aromatic rings. The molecule has 1 amide bonds. The zero-order chi connectivity index (χ0) is 20.5. The molecule has 1 N–H and O–H groups in total. The van der Waals surface area contributed by atoms with Gasteiger partial charge in [-0.1, -0.05) is 23.9 Å². The third-order valence-electron chi connectivity index (χ3n) is 3.70. The number of amides is 1. The number of hydrogen-bond acceptors (Lipinski definition) is 8. The molecule has 3 rings (SSSR count). The number of rotatable bonds is 8. The third-order valence-corrected chi connectivity index (χ3v) is 4.56. The van der Waals surface area contributed by atoms with Crippen LogP contribution in [0.5, 0.6) is 11.5 Å². The van der Waals surface area contributed by atoms with Gasteiger partial charge in [0, 0.05) is 0 Å². The van der Waals surface area contributed by atoms with Crippen LogP contribution < -0.4 is 14.8 Å². The van der Waals surface area contributed by atoms with Gasteiger partial charge in [-0.2, -0.15) is 5.10 Å². The van der Waals surface area contributed by atoms with E-state index in [1.54, 1.807) is 30.5 Å². The molecule has 1 fully saturated rings. The van der Waals surface area contributed by atoms with Crippen molar-refractivity contribution < 1.29 is 23.8 Å². The summed E-state index contributed by atoms with van der Waals surface area (Å²) < 4.78 is 15.9. The van der Waals surface area contributed by atoms with Gasteiger partial charge in [-0.05, 0) is 42.0 Å². The van der Waals surface area contributed by atoms with Crippen molar-refractivity contribution in [1.29, 1.82) is 0 Å². The molecule has 0 aromatic heterocycles. The fourth-order valence-corrected chi connectivity index (χ4v) is 2.97. The van der Waals surface area contributed by atoms with E-state index in [0.29, 0.717) is 41.2 Å². The fourth-order valence-electron chi connectivity index (χ4n) is 2.34. The molecule has 0 bridgehead atoms. The summed E-state index contributed by atoms with van der Waals surface area (Å²) in [6.07, 6.45) is 1.59. The van der Waals surface area contributed by atoms with Crippen molar-refractivity contribution in [2.24, 2.45) is 10.2 Å². The number of thioether (sulfide) groups is 1. The number of carbonyl (C=O) groups is 2. The van der Waals surface area contributed by atoms with Crippen molar-refractivity contribution in [3.05, 3.63) is 59.7 Å². The van der Waals surface area contributed by atoms with Crippen LogP contribution in [0.25, 0.3) is 0 Å². The second kappa shape index (κ2) is 10.3. The van der Waals surface area contributed by atoms with E-state index in [9.17, 15) is 9.59 Å². The summed E-state index contributed by atoms with van der Waals surface area (Å²) in [7, 11) is 1.34. The molecule has 150 valence electrons. The Bertz CT molecular complexity index is 928. The van der Waals surface area contributed by atoms with Gasteiger partial charge in [-0.3, -0.25) is 4.79 Å².